The summed E-state index contributed by atoms with van der Waals surface area (Å²) in [7, 11) is 1.28. The van der Waals surface area contributed by atoms with Crippen molar-refractivity contribution < 1.29 is 42.1 Å². The Morgan fingerprint density at radius 2 is 1.79 bits per heavy atom. The number of carbonyl (C=O) groups is 3. The molecule has 5 rings (SSSR count). The lowest BCUT2D eigenvalue weighted by atomic mass is 9.82. The number of likely N-dealkylation sites (tertiary alicyclic amines) is 1. The van der Waals surface area contributed by atoms with Gasteiger partial charge < -0.3 is 14.6 Å². The van der Waals surface area contributed by atoms with Gasteiger partial charge in [-0.1, -0.05) is 24.3 Å². The van der Waals surface area contributed by atoms with Gasteiger partial charge in [-0.3, -0.25) is 24.3 Å². The van der Waals surface area contributed by atoms with Crippen LogP contribution in [0.25, 0.3) is 0 Å². The number of carbonyl (C=O) groups excluding carboxylic acids is 3. The Morgan fingerprint density at radius 1 is 1.08 bits per heavy atom. The highest BCUT2D eigenvalue weighted by Crippen LogP contribution is 2.41. The van der Waals surface area contributed by atoms with Crippen LogP contribution < -0.4 is 4.74 Å². The van der Waals surface area contributed by atoms with Gasteiger partial charge in [-0.15, -0.1) is 13.2 Å². The summed E-state index contributed by atoms with van der Waals surface area (Å²) in [5.41, 5.74) is 0.552. The van der Waals surface area contributed by atoms with Crippen molar-refractivity contribution in [1.82, 2.24) is 14.7 Å². The number of β-amino-alcohol motifs (C(OH)–C–C–N with tert-alkyl or cyclic N) is 1. The first-order valence-corrected chi connectivity index (χ1v) is 12.0. The summed E-state index contributed by atoms with van der Waals surface area (Å²) in [5.74, 6) is -1.59. The maximum atomic E-state index is 13.8. The molecule has 3 fully saturated rings. The lowest BCUT2D eigenvalue weighted by molar-refractivity contribution is -0.274. The Kier molecular flexibility index (Phi) is 6.66. The number of fused-ring (bicyclic) bond motifs is 2. The summed E-state index contributed by atoms with van der Waals surface area (Å²) < 4.78 is 46.5. The van der Waals surface area contributed by atoms with Gasteiger partial charge in [0.2, 0.25) is 5.91 Å². The number of ether oxygens (including phenoxy) is 2. The summed E-state index contributed by atoms with van der Waals surface area (Å²) in [6.45, 7) is 0.994. The molecule has 3 heterocycles. The molecule has 1 N–H and O–H groups in total. The summed E-state index contributed by atoms with van der Waals surface area (Å²) in [6.07, 6.45) is -5.34. The summed E-state index contributed by atoms with van der Waals surface area (Å²) in [6, 6.07) is 11.4. The number of nitrogens with zero attached hydrogens (tertiary/aromatic N) is 3. The average Bonchev–Trinajstić information content (AvgIpc) is 3.24. The summed E-state index contributed by atoms with van der Waals surface area (Å²) in [5, 5.41) is 10.3. The third-order valence-corrected chi connectivity index (χ3v) is 7.25. The van der Waals surface area contributed by atoms with Gasteiger partial charge in [0.1, 0.15) is 11.3 Å². The molecule has 9 nitrogen and oxygen atoms in total. The van der Waals surface area contributed by atoms with Crippen molar-refractivity contribution in [3.63, 3.8) is 0 Å². The fourth-order valence-corrected chi connectivity index (χ4v) is 5.59. The number of imide groups is 1. The van der Waals surface area contributed by atoms with E-state index in [1.165, 1.54) is 30.2 Å². The predicted molar refractivity (Wildman–Crippen MR) is 126 cm³/mol. The molecule has 2 amide bonds. The molecule has 2 aromatic rings. The number of hydrogen-bond acceptors (Lipinski definition) is 8. The van der Waals surface area contributed by atoms with E-state index in [0.717, 1.165) is 0 Å². The van der Waals surface area contributed by atoms with Gasteiger partial charge in [0.15, 0.2) is 0 Å². The van der Waals surface area contributed by atoms with E-state index in [-0.39, 0.29) is 56.7 Å². The number of halogens is 3. The van der Waals surface area contributed by atoms with Crippen LogP contribution in [-0.2, 0) is 27.4 Å². The SMILES string of the molecule is COC(=O)c1ccc(CN2C(=O)C3CC(O)CN3C3(CN(Cc4cccc(OC(F)(F)F)c4)C3)C2=O)cc1. The van der Waals surface area contributed by atoms with Crippen molar-refractivity contribution >= 4 is 17.8 Å². The maximum Gasteiger partial charge on any atom is 0.573 e. The van der Waals surface area contributed by atoms with E-state index in [1.54, 1.807) is 35.2 Å². The van der Waals surface area contributed by atoms with Gasteiger partial charge in [0, 0.05) is 26.2 Å². The van der Waals surface area contributed by atoms with Crippen molar-refractivity contribution in [2.45, 2.75) is 43.6 Å². The molecule has 12 heteroatoms. The molecular formula is C26H26F3N3O6. The molecule has 2 aromatic carbocycles. The van der Waals surface area contributed by atoms with Gasteiger partial charge in [0.25, 0.3) is 5.91 Å². The highest BCUT2D eigenvalue weighted by Gasteiger charge is 2.64. The third kappa shape index (κ3) is 4.86. The van der Waals surface area contributed by atoms with Crippen molar-refractivity contribution in [2.24, 2.45) is 0 Å². The molecular weight excluding hydrogens is 507 g/mol. The molecule has 1 spiro atoms. The second-order valence-electron chi connectivity index (χ2n) is 9.85. The molecule has 2 unspecified atom stereocenters. The zero-order valence-corrected chi connectivity index (χ0v) is 20.5. The summed E-state index contributed by atoms with van der Waals surface area (Å²) >= 11 is 0. The molecule has 0 aromatic heterocycles. The molecule has 0 radical (unpaired) electrons. The molecule has 0 bridgehead atoms. The van der Waals surface area contributed by atoms with Crippen molar-refractivity contribution in [1.29, 1.82) is 0 Å². The number of amides is 2. The van der Waals surface area contributed by atoms with E-state index in [0.29, 0.717) is 16.7 Å². The summed E-state index contributed by atoms with van der Waals surface area (Å²) in [4.78, 5) is 43.7. The van der Waals surface area contributed by atoms with Crippen molar-refractivity contribution in [3.05, 3.63) is 65.2 Å². The zero-order valence-electron chi connectivity index (χ0n) is 20.5. The quantitative estimate of drug-likeness (QED) is 0.445. The number of aliphatic hydroxyl groups is 1. The number of hydrogen-bond donors (Lipinski definition) is 1. The lowest BCUT2D eigenvalue weighted by Gasteiger charge is -2.58. The standard InChI is InChI=1S/C26H26F3N3O6/c1-37-23(35)18-7-5-16(6-8-18)12-31-22(34)21-10-19(33)13-32(21)25(24(31)36)14-30(15-25)11-17-3-2-4-20(9-17)38-26(27,28)29/h2-9,19,21,33H,10-15H2,1H3. The van der Waals surface area contributed by atoms with E-state index in [9.17, 15) is 32.7 Å². The minimum atomic E-state index is -4.80. The Hall–Kier alpha value is -3.48. The van der Waals surface area contributed by atoms with Crippen molar-refractivity contribution in [3.8, 4) is 5.75 Å². The van der Waals surface area contributed by atoms with E-state index >= 15 is 0 Å². The van der Waals surface area contributed by atoms with Crippen LogP contribution >= 0.6 is 0 Å². The topological polar surface area (TPSA) is 99.6 Å². The molecule has 202 valence electrons. The number of methoxy groups -OCH3 is 1. The Labute approximate surface area is 216 Å². The first-order valence-electron chi connectivity index (χ1n) is 12.0. The fraction of sp³-hybridized carbons (Fsp3) is 0.423. The van der Waals surface area contributed by atoms with Crippen LogP contribution in [0.4, 0.5) is 13.2 Å². The van der Waals surface area contributed by atoms with Crippen LogP contribution in [-0.4, -0.2) is 88.4 Å². The molecule has 0 saturated carbocycles. The van der Waals surface area contributed by atoms with Gasteiger partial charge in [-0.25, -0.2) is 4.79 Å². The second-order valence-corrected chi connectivity index (χ2v) is 9.85. The second kappa shape index (κ2) is 9.68. The van der Waals surface area contributed by atoms with Crippen LogP contribution in [0.1, 0.15) is 27.9 Å². The molecule has 38 heavy (non-hydrogen) atoms. The smallest absolute Gasteiger partial charge is 0.465 e. The van der Waals surface area contributed by atoms with E-state index in [2.05, 4.69) is 4.74 Å². The highest BCUT2D eigenvalue weighted by atomic mass is 19.4. The maximum absolute atomic E-state index is 13.8. The number of rotatable bonds is 6. The van der Waals surface area contributed by atoms with Crippen LogP contribution in [0.3, 0.4) is 0 Å². The third-order valence-electron chi connectivity index (χ3n) is 7.25. The lowest BCUT2D eigenvalue weighted by Crippen LogP contribution is -2.81. The van der Waals surface area contributed by atoms with Crippen molar-refractivity contribution in [2.75, 3.05) is 26.7 Å². The minimum Gasteiger partial charge on any atom is -0.465 e. The average molecular weight is 534 g/mol. The molecule has 3 saturated heterocycles. The Bertz CT molecular complexity index is 1250. The highest BCUT2D eigenvalue weighted by molar-refractivity contribution is 6.06. The van der Waals surface area contributed by atoms with E-state index in [4.69, 9.17) is 4.74 Å². The monoisotopic (exact) mass is 533 g/mol. The Balaban J connectivity index is 1.33. The van der Waals surface area contributed by atoms with Gasteiger partial charge >= 0.3 is 12.3 Å². The molecule has 2 atom stereocenters. The Morgan fingerprint density at radius 3 is 2.45 bits per heavy atom. The van der Waals surface area contributed by atoms with Crippen LogP contribution in [0.15, 0.2) is 48.5 Å². The number of esters is 1. The molecule has 0 aliphatic carbocycles. The molecule has 3 aliphatic heterocycles. The van der Waals surface area contributed by atoms with Crippen LogP contribution in [0.2, 0.25) is 0 Å². The van der Waals surface area contributed by atoms with E-state index in [1.807, 2.05) is 4.90 Å². The van der Waals surface area contributed by atoms with E-state index < -0.39 is 30.0 Å². The number of aliphatic hydroxyl groups excluding tert-OH is 1. The number of alkyl halides is 3. The van der Waals surface area contributed by atoms with Crippen LogP contribution in [0, 0.1) is 0 Å². The largest absolute Gasteiger partial charge is 0.573 e. The van der Waals surface area contributed by atoms with Gasteiger partial charge in [-0.05, 0) is 41.8 Å². The number of benzene rings is 2. The van der Waals surface area contributed by atoms with Crippen LogP contribution in [0.5, 0.6) is 5.75 Å². The van der Waals surface area contributed by atoms with Gasteiger partial charge in [0.05, 0.1) is 31.4 Å². The minimum absolute atomic E-state index is 0.0120. The predicted octanol–water partition coefficient (Wildman–Crippen LogP) is 1.93. The normalized spacial score (nSPS) is 23.3. The zero-order chi connectivity index (χ0) is 27.2. The fourth-order valence-electron chi connectivity index (χ4n) is 5.59. The first kappa shape index (κ1) is 26.1. The number of piperazine rings is 1. The van der Waals surface area contributed by atoms with Gasteiger partial charge in [-0.2, -0.15) is 0 Å². The molecule has 3 aliphatic rings. The first-order chi connectivity index (χ1) is 18.0.